The van der Waals surface area contributed by atoms with Crippen LogP contribution >= 0.6 is 0 Å². The first-order valence-electron chi connectivity index (χ1n) is 9.79. The number of carbonyl (C=O) groups excluding carboxylic acids is 1. The molecule has 2 aromatic carbocycles. The molecule has 3 aromatic rings. The second-order valence-corrected chi connectivity index (χ2v) is 8.97. The van der Waals surface area contributed by atoms with E-state index in [-0.39, 0.29) is 29.2 Å². The second-order valence-electron chi connectivity index (χ2n) is 7.32. The number of furan rings is 1. The van der Waals surface area contributed by atoms with E-state index in [9.17, 15) is 30.8 Å². The van der Waals surface area contributed by atoms with Gasteiger partial charge in [0.25, 0.3) is 10.0 Å². The van der Waals surface area contributed by atoms with Crippen molar-refractivity contribution in [3.05, 3.63) is 53.5 Å². The Morgan fingerprint density at radius 3 is 2.55 bits per heavy atom. The number of fused-ring (bicyclic) bond motifs is 1. The Labute approximate surface area is 185 Å². The van der Waals surface area contributed by atoms with Crippen molar-refractivity contribution in [1.82, 2.24) is 4.72 Å². The van der Waals surface area contributed by atoms with E-state index in [0.29, 0.717) is 6.07 Å². The molecule has 1 N–H and O–H groups in total. The average molecular weight is 487 g/mol. The lowest BCUT2D eigenvalue weighted by molar-refractivity contribution is -0.274. The Morgan fingerprint density at radius 2 is 1.91 bits per heavy atom. The number of carbonyl (C=O) groups is 1. The zero-order chi connectivity index (χ0) is 24.0. The van der Waals surface area contributed by atoms with E-state index in [1.54, 1.807) is 10.8 Å². The maximum Gasteiger partial charge on any atom is 0.573 e. The molecule has 1 fully saturated rings. The minimum atomic E-state index is -5.06. The lowest BCUT2D eigenvalue weighted by atomic mass is 10.1. The van der Waals surface area contributed by atoms with Crippen LogP contribution in [0.15, 0.2) is 45.7 Å². The van der Waals surface area contributed by atoms with Crippen LogP contribution in [0.1, 0.15) is 41.8 Å². The Balaban J connectivity index is 1.64. The van der Waals surface area contributed by atoms with Crippen molar-refractivity contribution in [1.29, 1.82) is 0 Å². The van der Waals surface area contributed by atoms with Crippen LogP contribution in [0.25, 0.3) is 11.0 Å². The summed E-state index contributed by atoms with van der Waals surface area (Å²) in [4.78, 5) is 11.8. The molecular formula is C21H17F4NO6S. The zero-order valence-electron chi connectivity index (χ0n) is 17.0. The van der Waals surface area contributed by atoms with E-state index >= 15 is 0 Å². The molecule has 1 amide bonds. The molecule has 12 heteroatoms. The number of amides is 1. The summed E-state index contributed by atoms with van der Waals surface area (Å²) in [7, 11) is -4.72. The highest BCUT2D eigenvalue weighted by molar-refractivity contribution is 7.90. The van der Waals surface area contributed by atoms with Crippen molar-refractivity contribution in [2.45, 2.75) is 36.9 Å². The van der Waals surface area contributed by atoms with Gasteiger partial charge in [0.15, 0.2) is 5.76 Å². The lowest BCUT2D eigenvalue weighted by Crippen LogP contribution is -2.30. The van der Waals surface area contributed by atoms with Crippen LogP contribution in [0.4, 0.5) is 17.6 Å². The number of halogens is 4. The van der Waals surface area contributed by atoms with E-state index in [1.807, 2.05) is 0 Å². The smallest absolute Gasteiger partial charge is 0.492 e. The van der Waals surface area contributed by atoms with Gasteiger partial charge in [-0.15, -0.1) is 13.2 Å². The highest BCUT2D eigenvalue weighted by Gasteiger charge is 2.33. The number of hydrogen-bond donors (Lipinski definition) is 1. The molecule has 4 rings (SSSR count). The van der Waals surface area contributed by atoms with Crippen LogP contribution in [0.3, 0.4) is 0 Å². The maximum absolute atomic E-state index is 14.4. The predicted octanol–water partition coefficient (Wildman–Crippen LogP) is 4.87. The third-order valence-corrected chi connectivity index (χ3v) is 6.20. The van der Waals surface area contributed by atoms with Gasteiger partial charge in [-0.05, 0) is 55.5 Å². The van der Waals surface area contributed by atoms with Crippen LogP contribution in [-0.4, -0.2) is 27.3 Å². The second kappa shape index (κ2) is 8.25. The number of sulfonamides is 1. The van der Waals surface area contributed by atoms with E-state index < -0.39 is 44.5 Å². The Morgan fingerprint density at radius 1 is 1.18 bits per heavy atom. The summed E-state index contributed by atoms with van der Waals surface area (Å²) in [5.74, 6) is -3.23. The molecule has 176 valence electrons. The molecule has 1 heterocycles. The van der Waals surface area contributed by atoms with E-state index in [4.69, 9.17) is 9.15 Å². The van der Waals surface area contributed by atoms with Gasteiger partial charge in [0.2, 0.25) is 0 Å². The SMILES string of the molecule is CCOc1ccc(OC(F)(F)F)cc1S(=O)(=O)NC(=O)c1cc2c(F)cc(C3CC3)cc2o1. The molecule has 0 atom stereocenters. The number of alkyl halides is 3. The van der Waals surface area contributed by atoms with Crippen LogP contribution in [-0.2, 0) is 10.0 Å². The first-order valence-corrected chi connectivity index (χ1v) is 11.3. The number of hydrogen-bond acceptors (Lipinski definition) is 6. The minimum Gasteiger partial charge on any atom is -0.492 e. The van der Waals surface area contributed by atoms with Crippen molar-refractivity contribution < 1.29 is 44.7 Å². The molecule has 0 unspecified atom stereocenters. The molecule has 0 aliphatic heterocycles. The summed E-state index contributed by atoms with van der Waals surface area (Å²) in [6.07, 6.45) is -3.23. The van der Waals surface area contributed by atoms with Gasteiger partial charge in [0.05, 0.1) is 12.0 Å². The van der Waals surface area contributed by atoms with E-state index in [2.05, 4.69) is 4.74 Å². The molecular weight excluding hydrogens is 470 g/mol. The maximum atomic E-state index is 14.4. The summed E-state index contributed by atoms with van der Waals surface area (Å²) in [6, 6.07) is 6.41. The van der Waals surface area contributed by atoms with E-state index in [1.165, 1.54) is 13.0 Å². The first-order chi connectivity index (χ1) is 15.5. The Bertz CT molecular complexity index is 1330. The van der Waals surface area contributed by atoms with Crippen LogP contribution < -0.4 is 14.2 Å². The fraction of sp³-hybridized carbons (Fsp3) is 0.286. The van der Waals surface area contributed by atoms with Gasteiger partial charge < -0.3 is 13.9 Å². The standard InChI is InChI=1S/C21H17F4NO6S/c1-2-30-16-6-5-13(32-21(23,24)25)9-19(16)33(28,29)26-20(27)18-10-14-15(22)7-12(11-3-4-11)8-17(14)31-18/h5-11H,2-4H2,1H3,(H,26,27). The monoisotopic (exact) mass is 487 g/mol. The summed E-state index contributed by atoms with van der Waals surface area (Å²) in [5.41, 5.74) is 0.798. The largest absolute Gasteiger partial charge is 0.573 e. The lowest BCUT2D eigenvalue weighted by Gasteiger charge is -2.14. The molecule has 0 radical (unpaired) electrons. The Hall–Kier alpha value is -3.28. The van der Waals surface area contributed by atoms with Crippen molar-refractivity contribution >= 4 is 26.9 Å². The molecule has 1 saturated carbocycles. The van der Waals surface area contributed by atoms with Gasteiger partial charge >= 0.3 is 12.3 Å². The van der Waals surface area contributed by atoms with Crippen molar-refractivity contribution in [3.63, 3.8) is 0 Å². The molecule has 33 heavy (non-hydrogen) atoms. The highest BCUT2D eigenvalue weighted by atomic mass is 32.2. The normalized spacial score (nSPS) is 14.3. The zero-order valence-corrected chi connectivity index (χ0v) is 17.8. The average Bonchev–Trinajstić information content (AvgIpc) is 3.46. The molecule has 1 aliphatic rings. The number of rotatable bonds is 7. The van der Waals surface area contributed by atoms with Gasteiger partial charge in [-0.1, -0.05) is 0 Å². The third-order valence-electron chi connectivity index (χ3n) is 4.85. The topological polar surface area (TPSA) is 94.8 Å². The summed E-state index contributed by atoms with van der Waals surface area (Å²) >= 11 is 0. The van der Waals surface area contributed by atoms with Crippen LogP contribution in [0.5, 0.6) is 11.5 Å². The Kier molecular flexibility index (Phi) is 5.72. The quantitative estimate of drug-likeness (QED) is 0.478. The minimum absolute atomic E-state index is 0.00210. The van der Waals surface area contributed by atoms with Gasteiger partial charge in [-0.25, -0.2) is 17.5 Å². The fourth-order valence-electron chi connectivity index (χ4n) is 3.28. The van der Waals surface area contributed by atoms with Gasteiger partial charge in [0.1, 0.15) is 27.8 Å². The van der Waals surface area contributed by atoms with Crippen molar-refractivity contribution in [2.75, 3.05) is 6.61 Å². The molecule has 7 nitrogen and oxygen atoms in total. The molecule has 0 bridgehead atoms. The summed E-state index contributed by atoms with van der Waals surface area (Å²) in [5, 5.41) is -0.00229. The first kappa shape index (κ1) is 22.9. The molecule has 0 spiro atoms. The van der Waals surface area contributed by atoms with Crippen LogP contribution in [0, 0.1) is 5.82 Å². The highest BCUT2D eigenvalue weighted by Crippen LogP contribution is 2.42. The van der Waals surface area contributed by atoms with Crippen LogP contribution in [0.2, 0.25) is 0 Å². The number of nitrogens with one attached hydrogen (secondary N) is 1. The fourth-order valence-corrected chi connectivity index (χ4v) is 4.40. The molecule has 1 aromatic heterocycles. The summed E-state index contributed by atoms with van der Waals surface area (Å²) < 4.78 is 93.6. The summed E-state index contributed by atoms with van der Waals surface area (Å²) in [6.45, 7) is 1.54. The number of benzene rings is 2. The van der Waals surface area contributed by atoms with E-state index in [0.717, 1.165) is 36.6 Å². The number of ether oxygens (including phenoxy) is 2. The predicted molar refractivity (Wildman–Crippen MR) is 107 cm³/mol. The van der Waals surface area contributed by atoms with Gasteiger partial charge in [0, 0.05) is 12.1 Å². The van der Waals surface area contributed by atoms with Crippen molar-refractivity contribution in [3.8, 4) is 11.5 Å². The van der Waals surface area contributed by atoms with Gasteiger partial charge in [-0.3, -0.25) is 4.79 Å². The van der Waals surface area contributed by atoms with Gasteiger partial charge in [-0.2, -0.15) is 0 Å². The molecule has 0 saturated heterocycles. The van der Waals surface area contributed by atoms with Crippen molar-refractivity contribution in [2.24, 2.45) is 0 Å². The third kappa shape index (κ3) is 5.05. The molecule has 1 aliphatic carbocycles.